The average molecular weight is 464 g/mol. The maximum atomic E-state index is 12.6. The van der Waals surface area contributed by atoms with Crippen LogP contribution < -0.4 is 4.74 Å². The van der Waals surface area contributed by atoms with E-state index >= 15 is 0 Å². The smallest absolute Gasteiger partial charge is 0.305 e. The zero-order chi connectivity index (χ0) is 24.7. The van der Waals surface area contributed by atoms with Crippen molar-refractivity contribution in [3.8, 4) is 11.8 Å². The molecule has 0 bridgehead atoms. The van der Waals surface area contributed by atoms with Crippen molar-refractivity contribution in [1.82, 2.24) is 0 Å². The molecule has 1 N–H and O–H groups in total. The van der Waals surface area contributed by atoms with E-state index in [4.69, 9.17) is 9.47 Å². The molecule has 0 spiro atoms. The molecule has 0 aromatic heterocycles. The second kappa shape index (κ2) is 11.8. The fourth-order valence-corrected chi connectivity index (χ4v) is 4.91. The van der Waals surface area contributed by atoms with Gasteiger partial charge in [-0.2, -0.15) is 5.26 Å². The topological polar surface area (TPSA) is 96.6 Å². The number of aliphatic hydroxyl groups is 1. The molecule has 2 atom stereocenters. The lowest BCUT2D eigenvalue weighted by Crippen LogP contribution is -2.24. The number of methoxy groups -OCH3 is 1. The highest BCUT2D eigenvalue weighted by atomic mass is 16.5. The van der Waals surface area contributed by atoms with E-state index in [1.54, 1.807) is 6.07 Å². The van der Waals surface area contributed by atoms with Gasteiger partial charge in [-0.1, -0.05) is 12.1 Å². The first-order valence-corrected chi connectivity index (χ1v) is 11.8. The Morgan fingerprint density at radius 1 is 1.18 bits per heavy atom. The third-order valence-electron chi connectivity index (χ3n) is 6.82. The van der Waals surface area contributed by atoms with Gasteiger partial charge in [-0.3, -0.25) is 9.59 Å². The zero-order valence-corrected chi connectivity index (χ0v) is 20.2. The minimum atomic E-state index is -0.303. The zero-order valence-electron chi connectivity index (χ0n) is 20.2. The summed E-state index contributed by atoms with van der Waals surface area (Å²) in [5.41, 5.74) is 5.74. The minimum Gasteiger partial charge on any atom is -0.493 e. The molecule has 2 aromatic rings. The largest absolute Gasteiger partial charge is 0.493 e. The van der Waals surface area contributed by atoms with Crippen molar-refractivity contribution in [2.75, 3.05) is 20.3 Å². The lowest BCUT2D eigenvalue weighted by molar-refractivity contribution is -0.140. The van der Waals surface area contributed by atoms with Crippen molar-refractivity contribution in [1.29, 1.82) is 5.26 Å². The highest BCUT2D eigenvalue weighted by Crippen LogP contribution is 2.33. The molecule has 6 heteroatoms. The number of ketones is 1. The van der Waals surface area contributed by atoms with Gasteiger partial charge < -0.3 is 14.6 Å². The van der Waals surface area contributed by atoms with Crippen molar-refractivity contribution in [3.05, 3.63) is 63.7 Å². The number of hydrogen-bond donors (Lipinski definition) is 1. The van der Waals surface area contributed by atoms with Crippen molar-refractivity contribution in [2.45, 2.75) is 52.4 Å². The Morgan fingerprint density at radius 2 is 1.91 bits per heavy atom. The van der Waals surface area contributed by atoms with Crippen LogP contribution >= 0.6 is 0 Å². The Hall–Kier alpha value is -3.17. The molecular formula is C28H33NO5. The first kappa shape index (κ1) is 25.5. The molecule has 2 aromatic carbocycles. The van der Waals surface area contributed by atoms with Crippen LogP contribution in [-0.2, 0) is 33.6 Å². The van der Waals surface area contributed by atoms with E-state index in [0.29, 0.717) is 31.4 Å². The van der Waals surface area contributed by atoms with Crippen LogP contribution in [0.4, 0.5) is 0 Å². The van der Waals surface area contributed by atoms with Crippen LogP contribution in [0.5, 0.6) is 5.75 Å². The summed E-state index contributed by atoms with van der Waals surface area (Å²) in [6, 6.07) is 11.9. The van der Waals surface area contributed by atoms with Crippen molar-refractivity contribution < 1.29 is 24.2 Å². The van der Waals surface area contributed by atoms with E-state index in [-0.39, 0.29) is 36.6 Å². The highest BCUT2D eigenvalue weighted by Gasteiger charge is 2.35. The number of ether oxygens (including phenoxy) is 2. The lowest BCUT2D eigenvalue weighted by atomic mass is 9.88. The van der Waals surface area contributed by atoms with Crippen LogP contribution in [0.15, 0.2) is 30.3 Å². The monoisotopic (exact) mass is 463 g/mol. The molecule has 34 heavy (non-hydrogen) atoms. The second-order valence-electron chi connectivity index (χ2n) is 9.08. The van der Waals surface area contributed by atoms with Gasteiger partial charge in [0.2, 0.25) is 0 Å². The summed E-state index contributed by atoms with van der Waals surface area (Å²) < 4.78 is 10.8. The molecule has 1 fully saturated rings. The Morgan fingerprint density at radius 3 is 2.56 bits per heavy atom. The summed E-state index contributed by atoms with van der Waals surface area (Å²) in [6.45, 7) is 4.47. The SMILES string of the molecule is COC(=O)CCc1cc(C[C@H]2CCC(=O)[C@@H]2COc2cc(C)c(CCO)c(C)c2)ccc1C#N. The highest BCUT2D eigenvalue weighted by molar-refractivity contribution is 5.83. The van der Waals surface area contributed by atoms with Crippen LogP contribution in [0.1, 0.15) is 52.6 Å². The number of aliphatic hydroxyl groups excluding tert-OH is 1. The molecule has 0 saturated heterocycles. The number of Topliss-reactive ketones (excluding diaryl/α,β-unsaturated/α-hetero) is 1. The number of nitrogens with zero attached hydrogens (tertiary/aromatic N) is 1. The number of aryl methyl sites for hydroxylation is 3. The summed E-state index contributed by atoms with van der Waals surface area (Å²) in [5, 5.41) is 18.7. The third kappa shape index (κ3) is 6.24. The Balaban J connectivity index is 1.69. The fourth-order valence-electron chi connectivity index (χ4n) is 4.91. The minimum absolute atomic E-state index is 0.111. The van der Waals surface area contributed by atoms with E-state index in [1.165, 1.54) is 7.11 Å². The van der Waals surface area contributed by atoms with Crippen molar-refractivity contribution in [3.63, 3.8) is 0 Å². The molecular weight excluding hydrogens is 430 g/mol. The fraction of sp³-hybridized carbons (Fsp3) is 0.464. The molecule has 1 aliphatic rings. The molecule has 0 unspecified atom stereocenters. The molecule has 6 nitrogen and oxygen atoms in total. The number of esters is 1. The molecule has 3 rings (SSSR count). The standard InChI is InChI=1S/C28H33NO5/c1-18-12-24(13-19(2)25(18)10-11-30)34-17-26-22(6-8-27(26)31)15-20-4-5-23(16-29)21(14-20)7-9-28(32)33-3/h4-5,12-14,22,26,30H,6-11,15,17H2,1-3H3/t22-,26-/m1/s1. The van der Waals surface area contributed by atoms with Crippen molar-refractivity contribution >= 4 is 11.8 Å². The number of carbonyl (C=O) groups excluding carboxylic acids is 2. The number of carbonyl (C=O) groups is 2. The van der Waals surface area contributed by atoms with Gasteiger partial charge in [0.25, 0.3) is 0 Å². The van der Waals surface area contributed by atoms with Gasteiger partial charge in [0.05, 0.1) is 31.3 Å². The quantitative estimate of drug-likeness (QED) is 0.535. The molecule has 0 radical (unpaired) electrons. The molecule has 180 valence electrons. The maximum absolute atomic E-state index is 12.6. The number of hydrogen-bond acceptors (Lipinski definition) is 6. The van der Waals surface area contributed by atoms with E-state index in [2.05, 4.69) is 6.07 Å². The van der Waals surface area contributed by atoms with Gasteiger partial charge in [0.15, 0.2) is 0 Å². The maximum Gasteiger partial charge on any atom is 0.305 e. The van der Waals surface area contributed by atoms with Gasteiger partial charge in [-0.15, -0.1) is 0 Å². The first-order chi connectivity index (χ1) is 16.4. The molecule has 0 amide bonds. The Bertz CT molecular complexity index is 1060. The summed E-state index contributed by atoms with van der Waals surface area (Å²) in [6.07, 6.45) is 3.39. The van der Waals surface area contributed by atoms with Gasteiger partial charge in [0, 0.05) is 19.4 Å². The van der Waals surface area contributed by atoms with Crippen LogP contribution in [0.2, 0.25) is 0 Å². The summed E-state index contributed by atoms with van der Waals surface area (Å²) in [4.78, 5) is 24.2. The summed E-state index contributed by atoms with van der Waals surface area (Å²) in [5.74, 6) is 0.674. The van der Waals surface area contributed by atoms with Gasteiger partial charge >= 0.3 is 5.97 Å². The normalized spacial score (nSPS) is 17.4. The second-order valence-corrected chi connectivity index (χ2v) is 9.08. The summed E-state index contributed by atoms with van der Waals surface area (Å²) >= 11 is 0. The summed E-state index contributed by atoms with van der Waals surface area (Å²) in [7, 11) is 1.36. The molecule has 1 saturated carbocycles. The van der Waals surface area contributed by atoms with Crippen LogP contribution in [-0.4, -0.2) is 37.2 Å². The van der Waals surface area contributed by atoms with E-state index < -0.39 is 0 Å². The van der Waals surface area contributed by atoms with Crippen LogP contribution in [0, 0.1) is 37.0 Å². The molecule has 1 aliphatic carbocycles. The molecule has 0 heterocycles. The van der Waals surface area contributed by atoms with Gasteiger partial charge in [-0.05, 0) is 91.5 Å². The Labute approximate surface area is 201 Å². The van der Waals surface area contributed by atoms with E-state index in [9.17, 15) is 20.0 Å². The van der Waals surface area contributed by atoms with Gasteiger partial charge in [0.1, 0.15) is 11.5 Å². The third-order valence-corrected chi connectivity index (χ3v) is 6.82. The first-order valence-electron chi connectivity index (χ1n) is 11.8. The number of nitriles is 1. The van der Waals surface area contributed by atoms with Crippen LogP contribution in [0.25, 0.3) is 0 Å². The molecule has 0 aliphatic heterocycles. The van der Waals surface area contributed by atoms with Crippen LogP contribution in [0.3, 0.4) is 0 Å². The predicted molar refractivity (Wildman–Crippen MR) is 129 cm³/mol. The number of rotatable bonds is 10. The van der Waals surface area contributed by atoms with Crippen molar-refractivity contribution in [2.24, 2.45) is 11.8 Å². The Kier molecular flexibility index (Phi) is 8.84. The number of benzene rings is 2. The van der Waals surface area contributed by atoms with E-state index in [0.717, 1.165) is 46.4 Å². The van der Waals surface area contributed by atoms with Gasteiger partial charge in [-0.25, -0.2) is 0 Å². The van der Waals surface area contributed by atoms with E-state index in [1.807, 2.05) is 38.1 Å². The lowest BCUT2D eigenvalue weighted by Gasteiger charge is -2.20. The predicted octanol–water partition coefficient (Wildman–Crippen LogP) is 4.03. The average Bonchev–Trinajstić information content (AvgIpc) is 3.17.